The molecule has 0 radical (unpaired) electrons. The van der Waals surface area contributed by atoms with Crippen molar-refractivity contribution in [3.05, 3.63) is 35.9 Å². The van der Waals surface area contributed by atoms with Crippen LogP contribution < -0.4 is 4.74 Å². The number of carboxylic acids is 1. The summed E-state index contributed by atoms with van der Waals surface area (Å²) in [5.74, 6) is -0.317. The van der Waals surface area contributed by atoms with Crippen LogP contribution in [0.5, 0.6) is 5.75 Å². The van der Waals surface area contributed by atoms with E-state index in [1.54, 1.807) is 20.1 Å². The van der Waals surface area contributed by atoms with Crippen LogP contribution >= 0.6 is 0 Å². The van der Waals surface area contributed by atoms with Crippen LogP contribution in [0, 0.1) is 0 Å². The predicted octanol–water partition coefficient (Wildman–Crippen LogP) is 3.14. The molecule has 5 heteroatoms. The van der Waals surface area contributed by atoms with Crippen LogP contribution in [-0.4, -0.2) is 30.3 Å². The Labute approximate surface area is 125 Å². The van der Waals surface area contributed by atoms with Crippen molar-refractivity contribution in [2.75, 3.05) is 7.11 Å². The standard InChI is InChI=1S/C13H16O3.C3H6O2/c1-10(2)16-13(14)8-7-11-5-4-6-12(9-11)15-3;1-2-3(4)5/h4-10H,1-3H3;2H2,1H3,(H,4,5)/b8-7+;. The molecule has 0 spiro atoms. The van der Waals surface area contributed by atoms with E-state index < -0.39 is 5.97 Å². The molecule has 0 amide bonds. The van der Waals surface area contributed by atoms with Crippen LogP contribution in [0.15, 0.2) is 30.3 Å². The lowest BCUT2D eigenvalue weighted by atomic mass is 10.2. The van der Waals surface area contributed by atoms with Gasteiger partial charge in [-0.25, -0.2) is 4.79 Å². The van der Waals surface area contributed by atoms with Crippen molar-refractivity contribution in [3.8, 4) is 5.75 Å². The van der Waals surface area contributed by atoms with Gasteiger partial charge in [-0.3, -0.25) is 4.79 Å². The first kappa shape index (κ1) is 18.7. The Morgan fingerprint density at radius 2 is 1.95 bits per heavy atom. The van der Waals surface area contributed by atoms with Crippen molar-refractivity contribution in [2.24, 2.45) is 0 Å². The van der Waals surface area contributed by atoms with Crippen LogP contribution in [-0.2, 0) is 14.3 Å². The Bertz CT molecular complexity index is 477. The van der Waals surface area contributed by atoms with Crippen LogP contribution in [0.2, 0.25) is 0 Å². The van der Waals surface area contributed by atoms with Crippen LogP contribution in [0.3, 0.4) is 0 Å². The molecule has 0 fully saturated rings. The first-order valence-corrected chi connectivity index (χ1v) is 6.63. The molecule has 1 aromatic rings. The molecule has 116 valence electrons. The van der Waals surface area contributed by atoms with Gasteiger partial charge < -0.3 is 14.6 Å². The van der Waals surface area contributed by atoms with Gasteiger partial charge >= 0.3 is 11.9 Å². The van der Waals surface area contributed by atoms with E-state index in [0.29, 0.717) is 0 Å². The maximum atomic E-state index is 11.2. The third-order valence-electron chi connectivity index (χ3n) is 2.16. The van der Waals surface area contributed by atoms with Gasteiger partial charge in [-0.1, -0.05) is 19.1 Å². The molecule has 0 aliphatic rings. The topological polar surface area (TPSA) is 72.8 Å². The molecule has 0 bridgehead atoms. The Balaban J connectivity index is 0.000000690. The lowest BCUT2D eigenvalue weighted by Gasteiger charge is -2.04. The van der Waals surface area contributed by atoms with E-state index in [9.17, 15) is 9.59 Å². The van der Waals surface area contributed by atoms with Crippen molar-refractivity contribution < 1.29 is 24.2 Å². The summed E-state index contributed by atoms with van der Waals surface area (Å²) in [7, 11) is 1.61. The third kappa shape index (κ3) is 10.2. The second kappa shape index (κ2) is 10.5. The van der Waals surface area contributed by atoms with Gasteiger partial charge in [0.1, 0.15) is 5.75 Å². The van der Waals surface area contributed by atoms with E-state index in [4.69, 9.17) is 14.6 Å². The van der Waals surface area contributed by atoms with Gasteiger partial charge in [-0.05, 0) is 37.6 Å². The lowest BCUT2D eigenvalue weighted by molar-refractivity contribution is -0.141. The SMILES string of the molecule is CCC(=O)O.COc1cccc(/C=C/C(=O)OC(C)C)c1. The van der Waals surface area contributed by atoms with Crippen LogP contribution in [0.4, 0.5) is 0 Å². The van der Waals surface area contributed by atoms with Crippen molar-refractivity contribution in [1.82, 2.24) is 0 Å². The fourth-order valence-electron chi connectivity index (χ4n) is 1.18. The monoisotopic (exact) mass is 294 g/mol. The second-order valence-electron chi connectivity index (χ2n) is 4.34. The maximum Gasteiger partial charge on any atom is 0.331 e. The number of carboxylic acid groups (broad SMARTS) is 1. The molecule has 21 heavy (non-hydrogen) atoms. The molecular formula is C16H22O5. The Kier molecular flexibility index (Phi) is 9.33. The summed E-state index contributed by atoms with van der Waals surface area (Å²) in [6, 6.07) is 7.46. The van der Waals surface area contributed by atoms with Crippen molar-refractivity contribution in [2.45, 2.75) is 33.3 Å². The summed E-state index contributed by atoms with van der Waals surface area (Å²) in [4.78, 5) is 20.6. The van der Waals surface area contributed by atoms with Crippen molar-refractivity contribution >= 4 is 18.0 Å². The minimum absolute atomic E-state index is 0.0949. The van der Waals surface area contributed by atoms with E-state index in [2.05, 4.69) is 0 Å². The zero-order valence-electron chi connectivity index (χ0n) is 12.8. The average molecular weight is 294 g/mol. The van der Waals surface area contributed by atoms with Gasteiger partial charge in [0.15, 0.2) is 0 Å². The predicted molar refractivity (Wildman–Crippen MR) is 81.2 cm³/mol. The summed E-state index contributed by atoms with van der Waals surface area (Å²) >= 11 is 0. The first-order chi connectivity index (χ1) is 9.88. The molecule has 0 unspecified atom stereocenters. The molecule has 0 aliphatic heterocycles. The number of hydrogen-bond donors (Lipinski definition) is 1. The first-order valence-electron chi connectivity index (χ1n) is 6.63. The number of aliphatic carboxylic acids is 1. The molecule has 0 aromatic heterocycles. The third-order valence-corrected chi connectivity index (χ3v) is 2.16. The quantitative estimate of drug-likeness (QED) is 0.667. The van der Waals surface area contributed by atoms with E-state index >= 15 is 0 Å². The summed E-state index contributed by atoms with van der Waals surface area (Å²) in [5, 5.41) is 7.72. The zero-order valence-corrected chi connectivity index (χ0v) is 12.8. The molecule has 1 N–H and O–H groups in total. The largest absolute Gasteiger partial charge is 0.497 e. The minimum Gasteiger partial charge on any atom is -0.497 e. The average Bonchev–Trinajstić information content (AvgIpc) is 2.45. The molecule has 0 saturated heterocycles. The van der Waals surface area contributed by atoms with Gasteiger partial charge in [-0.2, -0.15) is 0 Å². The number of hydrogen-bond acceptors (Lipinski definition) is 4. The fourth-order valence-corrected chi connectivity index (χ4v) is 1.18. The number of carbonyl (C=O) groups excluding carboxylic acids is 1. The highest BCUT2D eigenvalue weighted by Crippen LogP contribution is 2.13. The minimum atomic E-state index is -0.745. The summed E-state index contributed by atoms with van der Waals surface area (Å²) in [5.41, 5.74) is 0.903. The lowest BCUT2D eigenvalue weighted by Crippen LogP contribution is -2.08. The van der Waals surface area contributed by atoms with E-state index in [1.165, 1.54) is 6.08 Å². The normalized spacial score (nSPS) is 9.95. The summed E-state index contributed by atoms with van der Waals surface area (Å²) in [6.45, 7) is 5.23. The summed E-state index contributed by atoms with van der Waals surface area (Å²) in [6.07, 6.45) is 3.24. The highest BCUT2D eigenvalue weighted by molar-refractivity contribution is 5.87. The number of benzene rings is 1. The highest BCUT2D eigenvalue weighted by atomic mass is 16.5. The molecule has 0 saturated carbocycles. The van der Waals surface area contributed by atoms with E-state index in [0.717, 1.165) is 11.3 Å². The van der Waals surface area contributed by atoms with Crippen molar-refractivity contribution in [1.29, 1.82) is 0 Å². The molecule has 5 nitrogen and oxygen atoms in total. The van der Waals surface area contributed by atoms with E-state index in [1.807, 2.05) is 38.1 Å². The molecule has 1 rings (SSSR count). The highest BCUT2D eigenvalue weighted by Gasteiger charge is 1.99. The molecule has 0 aliphatic carbocycles. The second-order valence-corrected chi connectivity index (χ2v) is 4.34. The Morgan fingerprint density at radius 3 is 2.43 bits per heavy atom. The molecule has 1 aromatic carbocycles. The van der Waals surface area contributed by atoms with E-state index in [-0.39, 0.29) is 18.5 Å². The van der Waals surface area contributed by atoms with Gasteiger partial charge in [-0.15, -0.1) is 0 Å². The zero-order chi connectivity index (χ0) is 16.3. The number of rotatable bonds is 5. The number of methoxy groups -OCH3 is 1. The summed E-state index contributed by atoms with van der Waals surface area (Å²) < 4.78 is 10.0. The van der Waals surface area contributed by atoms with Crippen molar-refractivity contribution in [3.63, 3.8) is 0 Å². The van der Waals surface area contributed by atoms with Gasteiger partial charge in [0.05, 0.1) is 13.2 Å². The van der Waals surface area contributed by atoms with Gasteiger partial charge in [0.25, 0.3) is 0 Å². The molecule has 0 heterocycles. The molecule has 0 atom stereocenters. The number of ether oxygens (including phenoxy) is 2. The van der Waals surface area contributed by atoms with Gasteiger partial charge in [0, 0.05) is 12.5 Å². The Morgan fingerprint density at radius 1 is 1.33 bits per heavy atom. The van der Waals surface area contributed by atoms with Crippen LogP contribution in [0.1, 0.15) is 32.8 Å². The fraction of sp³-hybridized carbons (Fsp3) is 0.375. The van der Waals surface area contributed by atoms with Gasteiger partial charge in [0.2, 0.25) is 0 Å². The molecular weight excluding hydrogens is 272 g/mol. The number of esters is 1. The Hall–Kier alpha value is -2.30. The smallest absolute Gasteiger partial charge is 0.331 e. The van der Waals surface area contributed by atoms with Crippen LogP contribution in [0.25, 0.3) is 6.08 Å². The number of carbonyl (C=O) groups is 2. The maximum absolute atomic E-state index is 11.2.